The van der Waals surface area contributed by atoms with Crippen molar-refractivity contribution in [3.63, 3.8) is 0 Å². The van der Waals surface area contributed by atoms with Crippen LogP contribution in [0.3, 0.4) is 0 Å². The van der Waals surface area contributed by atoms with Gasteiger partial charge in [0.15, 0.2) is 0 Å². The standard InChI is InChI=1S/C13H7Br2NS/c14-9-6-10-13(16-7-17-10)11(12(9)15)8-4-2-1-3-5-8/h1-7H. The smallest absolute Gasteiger partial charge is 0.0902 e. The van der Waals surface area contributed by atoms with E-state index in [-0.39, 0.29) is 0 Å². The summed E-state index contributed by atoms with van der Waals surface area (Å²) in [6.45, 7) is 0. The van der Waals surface area contributed by atoms with E-state index >= 15 is 0 Å². The maximum atomic E-state index is 4.46. The molecule has 0 spiro atoms. The molecule has 0 aliphatic heterocycles. The van der Waals surface area contributed by atoms with Gasteiger partial charge in [0.2, 0.25) is 0 Å². The van der Waals surface area contributed by atoms with Crippen LogP contribution >= 0.6 is 43.2 Å². The van der Waals surface area contributed by atoms with Gasteiger partial charge in [0.1, 0.15) is 0 Å². The summed E-state index contributed by atoms with van der Waals surface area (Å²) in [6.07, 6.45) is 0. The lowest BCUT2D eigenvalue weighted by atomic mass is 10.0. The molecule has 0 saturated carbocycles. The number of benzene rings is 2. The van der Waals surface area contributed by atoms with Crippen LogP contribution in [0.1, 0.15) is 0 Å². The fourth-order valence-corrected chi connectivity index (χ4v) is 3.65. The van der Waals surface area contributed by atoms with Crippen molar-refractivity contribution in [2.45, 2.75) is 0 Å². The van der Waals surface area contributed by atoms with Gasteiger partial charge < -0.3 is 0 Å². The normalized spacial score (nSPS) is 10.9. The van der Waals surface area contributed by atoms with E-state index in [1.54, 1.807) is 11.3 Å². The zero-order valence-electron chi connectivity index (χ0n) is 8.65. The van der Waals surface area contributed by atoms with E-state index in [1.165, 1.54) is 10.3 Å². The highest BCUT2D eigenvalue weighted by Crippen LogP contribution is 2.40. The monoisotopic (exact) mass is 367 g/mol. The van der Waals surface area contributed by atoms with Crippen LogP contribution in [0.25, 0.3) is 21.3 Å². The molecule has 4 heteroatoms. The third-order valence-corrected chi connectivity index (χ3v) is 5.34. The summed E-state index contributed by atoms with van der Waals surface area (Å²) in [7, 11) is 0. The average molecular weight is 369 g/mol. The Hall–Kier alpha value is -0.710. The van der Waals surface area contributed by atoms with Crippen LogP contribution in [-0.2, 0) is 0 Å². The lowest BCUT2D eigenvalue weighted by molar-refractivity contribution is 1.48. The van der Waals surface area contributed by atoms with Gasteiger partial charge in [0, 0.05) is 14.5 Å². The molecule has 2 aromatic carbocycles. The van der Waals surface area contributed by atoms with Crippen LogP contribution in [0.4, 0.5) is 0 Å². The van der Waals surface area contributed by atoms with Gasteiger partial charge in [-0.15, -0.1) is 11.3 Å². The van der Waals surface area contributed by atoms with Crippen LogP contribution in [0.5, 0.6) is 0 Å². The van der Waals surface area contributed by atoms with Gasteiger partial charge in [0.05, 0.1) is 15.7 Å². The lowest BCUT2D eigenvalue weighted by Gasteiger charge is -2.07. The molecule has 0 amide bonds. The van der Waals surface area contributed by atoms with Crippen molar-refractivity contribution in [1.82, 2.24) is 4.98 Å². The van der Waals surface area contributed by atoms with Crippen LogP contribution in [0.2, 0.25) is 0 Å². The predicted octanol–water partition coefficient (Wildman–Crippen LogP) is 5.49. The molecule has 0 bridgehead atoms. The summed E-state index contributed by atoms with van der Waals surface area (Å²) < 4.78 is 3.31. The van der Waals surface area contributed by atoms with E-state index in [0.717, 1.165) is 20.0 Å². The van der Waals surface area contributed by atoms with Crippen molar-refractivity contribution < 1.29 is 0 Å². The van der Waals surface area contributed by atoms with E-state index in [2.05, 4.69) is 55.0 Å². The number of hydrogen-bond donors (Lipinski definition) is 0. The van der Waals surface area contributed by atoms with Crippen LogP contribution in [0.15, 0.2) is 50.9 Å². The molecule has 1 nitrogen and oxygen atoms in total. The summed E-state index contributed by atoms with van der Waals surface area (Å²) in [4.78, 5) is 4.46. The van der Waals surface area contributed by atoms with Gasteiger partial charge in [-0.1, -0.05) is 30.3 Å². The second kappa shape index (κ2) is 4.52. The molecule has 0 radical (unpaired) electrons. The molecular weight excluding hydrogens is 362 g/mol. The molecule has 0 N–H and O–H groups in total. The Morgan fingerprint density at radius 1 is 1.06 bits per heavy atom. The first-order chi connectivity index (χ1) is 8.27. The molecule has 0 fully saturated rings. The second-order valence-electron chi connectivity index (χ2n) is 3.61. The molecule has 0 aliphatic rings. The third kappa shape index (κ3) is 1.94. The Kier molecular flexibility index (Phi) is 3.03. The molecule has 0 saturated heterocycles. The summed E-state index contributed by atoms with van der Waals surface area (Å²) in [5.74, 6) is 0. The summed E-state index contributed by atoms with van der Waals surface area (Å²) >= 11 is 8.88. The highest BCUT2D eigenvalue weighted by Gasteiger charge is 2.13. The number of halogens is 2. The van der Waals surface area contributed by atoms with E-state index in [9.17, 15) is 0 Å². The lowest BCUT2D eigenvalue weighted by Crippen LogP contribution is -1.84. The van der Waals surface area contributed by atoms with Gasteiger partial charge in [-0.25, -0.2) is 4.98 Å². The third-order valence-electron chi connectivity index (χ3n) is 2.58. The Labute approximate surface area is 120 Å². The topological polar surface area (TPSA) is 12.9 Å². The average Bonchev–Trinajstić information content (AvgIpc) is 2.79. The SMILES string of the molecule is Brc1cc2scnc2c(-c2ccccc2)c1Br. The highest BCUT2D eigenvalue weighted by atomic mass is 79.9. The fourth-order valence-electron chi connectivity index (χ4n) is 1.82. The summed E-state index contributed by atoms with van der Waals surface area (Å²) in [6, 6.07) is 12.4. The molecule has 1 aromatic heterocycles. The zero-order valence-corrected chi connectivity index (χ0v) is 12.6. The van der Waals surface area contributed by atoms with Crippen LogP contribution in [0, 0.1) is 0 Å². The number of nitrogens with zero attached hydrogens (tertiary/aromatic N) is 1. The van der Waals surface area contributed by atoms with Crippen molar-refractivity contribution in [2.24, 2.45) is 0 Å². The Balaban J connectivity index is 2.42. The number of thiazole rings is 1. The largest absolute Gasteiger partial charge is 0.244 e. The van der Waals surface area contributed by atoms with Gasteiger partial charge in [-0.3, -0.25) is 0 Å². The molecule has 3 aromatic rings. The highest BCUT2D eigenvalue weighted by molar-refractivity contribution is 9.13. The van der Waals surface area contributed by atoms with Crippen molar-refractivity contribution in [2.75, 3.05) is 0 Å². The first kappa shape index (κ1) is 11.4. The quantitative estimate of drug-likeness (QED) is 0.553. The maximum Gasteiger partial charge on any atom is 0.0902 e. The first-order valence-electron chi connectivity index (χ1n) is 5.04. The number of rotatable bonds is 1. The maximum absolute atomic E-state index is 4.46. The molecule has 0 aliphatic carbocycles. The number of hydrogen-bond acceptors (Lipinski definition) is 2. The molecule has 3 rings (SSSR count). The Morgan fingerprint density at radius 3 is 2.59 bits per heavy atom. The van der Waals surface area contributed by atoms with E-state index in [1.807, 2.05) is 23.7 Å². The Bertz CT molecular complexity index is 676. The minimum absolute atomic E-state index is 1.05. The molecule has 17 heavy (non-hydrogen) atoms. The predicted molar refractivity (Wildman–Crippen MR) is 80.5 cm³/mol. The van der Waals surface area contributed by atoms with Gasteiger partial charge in [0.25, 0.3) is 0 Å². The van der Waals surface area contributed by atoms with Crippen molar-refractivity contribution in [3.05, 3.63) is 50.9 Å². The zero-order chi connectivity index (χ0) is 11.8. The van der Waals surface area contributed by atoms with E-state index in [0.29, 0.717) is 0 Å². The van der Waals surface area contributed by atoms with Crippen molar-refractivity contribution in [3.8, 4) is 11.1 Å². The van der Waals surface area contributed by atoms with Gasteiger partial charge in [-0.05, 0) is 43.5 Å². The van der Waals surface area contributed by atoms with Crippen LogP contribution in [-0.4, -0.2) is 4.98 Å². The number of aromatic nitrogens is 1. The molecule has 0 atom stereocenters. The molecular formula is C13H7Br2NS. The van der Waals surface area contributed by atoms with Crippen molar-refractivity contribution in [1.29, 1.82) is 0 Å². The molecule has 0 unspecified atom stereocenters. The van der Waals surface area contributed by atoms with Crippen molar-refractivity contribution >= 4 is 53.4 Å². The molecule has 1 heterocycles. The number of fused-ring (bicyclic) bond motifs is 1. The minimum Gasteiger partial charge on any atom is -0.244 e. The van der Waals surface area contributed by atoms with E-state index in [4.69, 9.17) is 0 Å². The Morgan fingerprint density at radius 2 is 1.82 bits per heavy atom. The van der Waals surface area contributed by atoms with Gasteiger partial charge in [-0.2, -0.15) is 0 Å². The minimum atomic E-state index is 1.05. The van der Waals surface area contributed by atoms with Crippen LogP contribution < -0.4 is 0 Å². The summed E-state index contributed by atoms with van der Waals surface area (Å²) in [5.41, 5.74) is 5.26. The second-order valence-corrected chi connectivity index (χ2v) is 6.15. The van der Waals surface area contributed by atoms with E-state index < -0.39 is 0 Å². The first-order valence-corrected chi connectivity index (χ1v) is 7.50. The van der Waals surface area contributed by atoms with Gasteiger partial charge >= 0.3 is 0 Å². The fraction of sp³-hybridized carbons (Fsp3) is 0. The molecule has 84 valence electrons. The summed E-state index contributed by atoms with van der Waals surface area (Å²) in [5, 5.41) is 0.